The normalized spacial score (nSPS) is 15.8. The maximum absolute atomic E-state index is 2.55. The quantitative estimate of drug-likeness (QED) is 0.160. The lowest BCUT2D eigenvalue weighted by atomic mass is 9.64. The van der Waals surface area contributed by atoms with Gasteiger partial charge in [-0.1, -0.05) is 123 Å². The van der Waals surface area contributed by atoms with Crippen molar-refractivity contribution in [1.29, 1.82) is 0 Å². The molecule has 1 heterocycles. The van der Waals surface area contributed by atoms with Crippen LogP contribution >= 0.6 is 0 Å². The summed E-state index contributed by atoms with van der Waals surface area (Å²) in [6, 6.07) is 63.1. The first kappa shape index (κ1) is 35.3. The van der Waals surface area contributed by atoms with Gasteiger partial charge in [0, 0.05) is 50.6 Å². The van der Waals surface area contributed by atoms with E-state index in [0.717, 1.165) is 36.3 Å². The second-order valence-corrected chi connectivity index (χ2v) is 16.9. The molecule has 1 unspecified atom stereocenters. The molecule has 0 N–H and O–H groups in total. The van der Waals surface area contributed by atoms with Crippen LogP contribution in [-0.4, -0.2) is 4.57 Å². The Kier molecular flexibility index (Phi) is 8.34. The van der Waals surface area contributed by atoms with Crippen LogP contribution in [0.5, 0.6) is 0 Å². The maximum Gasteiger partial charge on any atom is 0.0632 e. The first-order valence-electron chi connectivity index (χ1n) is 21.1. The van der Waals surface area contributed by atoms with Gasteiger partial charge in [0.2, 0.25) is 0 Å². The van der Waals surface area contributed by atoms with Crippen molar-refractivity contribution in [2.75, 3.05) is 9.80 Å². The molecule has 7 aromatic carbocycles. The molecule has 8 aromatic rings. The van der Waals surface area contributed by atoms with Gasteiger partial charge in [0.05, 0.1) is 11.6 Å². The smallest absolute Gasteiger partial charge is 0.0632 e. The largest absolute Gasteiger partial charge is 0.334 e. The molecule has 3 nitrogen and oxygen atoms in total. The highest BCUT2D eigenvalue weighted by Gasteiger charge is 2.40. The van der Waals surface area contributed by atoms with Crippen molar-refractivity contribution in [3.8, 4) is 5.69 Å². The van der Waals surface area contributed by atoms with E-state index in [2.05, 4.69) is 223 Å². The first-order valence-corrected chi connectivity index (χ1v) is 21.1. The fourth-order valence-corrected chi connectivity index (χ4v) is 10.3. The van der Waals surface area contributed by atoms with Crippen LogP contribution < -0.4 is 9.80 Å². The highest BCUT2D eigenvalue weighted by atomic mass is 15.2. The van der Waals surface area contributed by atoms with Crippen LogP contribution in [0.15, 0.2) is 182 Å². The molecule has 1 aromatic heterocycles. The number of aryl methyl sites for hydroxylation is 2. The predicted molar refractivity (Wildman–Crippen MR) is 248 cm³/mol. The Balaban J connectivity index is 1.04. The minimum absolute atomic E-state index is 0.161. The zero-order chi connectivity index (χ0) is 39.7. The lowest BCUT2D eigenvalue weighted by Gasteiger charge is -2.43. The van der Waals surface area contributed by atoms with Crippen LogP contribution in [0.1, 0.15) is 77.4 Å². The van der Waals surface area contributed by atoms with Gasteiger partial charge in [-0.25, -0.2) is 0 Å². The van der Waals surface area contributed by atoms with Crippen molar-refractivity contribution in [3.05, 3.63) is 227 Å². The third-order valence-electron chi connectivity index (χ3n) is 13.0. The van der Waals surface area contributed by atoms with Crippen LogP contribution in [0.3, 0.4) is 0 Å². The van der Waals surface area contributed by atoms with Gasteiger partial charge in [0.1, 0.15) is 0 Å². The van der Waals surface area contributed by atoms with Crippen molar-refractivity contribution < 1.29 is 0 Å². The molecule has 3 aliphatic carbocycles. The van der Waals surface area contributed by atoms with E-state index in [1.165, 1.54) is 78.2 Å². The molecule has 0 fully saturated rings. The number of fused-ring (bicyclic) bond motifs is 5. The third-order valence-corrected chi connectivity index (χ3v) is 13.0. The molecule has 0 spiro atoms. The lowest BCUT2D eigenvalue weighted by molar-refractivity contribution is 0.617. The molecule has 0 saturated carbocycles. The highest BCUT2D eigenvalue weighted by molar-refractivity contribution is 5.93. The number of nitrogens with zero attached hydrogens (tertiary/aromatic N) is 3. The Morgan fingerprint density at radius 3 is 2.15 bits per heavy atom. The summed E-state index contributed by atoms with van der Waals surface area (Å²) in [5.41, 5.74) is 20.3. The number of allylic oxidation sites excluding steroid dienone is 1. The molecular weight excluding hydrogens is 715 g/mol. The first-order chi connectivity index (χ1) is 29.0. The maximum atomic E-state index is 2.55. The van der Waals surface area contributed by atoms with Gasteiger partial charge in [-0.15, -0.1) is 0 Å². The Hall–Kier alpha value is -6.84. The summed E-state index contributed by atoms with van der Waals surface area (Å²) < 4.78 is 2.46. The minimum Gasteiger partial charge on any atom is -0.334 e. The Bertz CT molecular complexity index is 2960. The van der Waals surface area contributed by atoms with Gasteiger partial charge in [-0.2, -0.15) is 0 Å². The molecule has 3 aliphatic rings. The predicted octanol–water partition coefficient (Wildman–Crippen LogP) is 14.7. The van der Waals surface area contributed by atoms with Crippen LogP contribution in [0.25, 0.3) is 28.2 Å². The summed E-state index contributed by atoms with van der Waals surface area (Å²) in [4.78, 5) is 4.99. The molecule has 0 aliphatic heterocycles. The zero-order valence-corrected chi connectivity index (χ0v) is 33.9. The lowest BCUT2D eigenvalue weighted by Crippen LogP contribution is -2.32. The minimum atomic E-state index is -0.240. The van der Waals surface area contributed by atoms with E-state index in [4.69, 9.17) is 0 Å². The molecule has 1 atom stereocenters. The van der Waals surface area contributed by atoms with Gasteiger partial charge < -0.3 is 14.4 Å². The number of anilines is 5. The number of rotatable bonds is 7. The van der Waals surface area contributed by atoms with Crippen molar-refractivity contribution in [1.82, 2.24) is 4.57 Å². The van der Waals surface area contributed by atoms with Crippen molar-refractivity contribution in [2.45, 2.75) is 51.5 Å². The van der Waals surface area contributed by atoms with E-state index in [0.29, 0.717) is 0 Å². The summed E-state index contributed by atoms with van der Waals surface area (Å²) in [7, 11) is 0. The van der Waals surface area contributed by atoms with E-state index in [9.17, 15) is 0 Å². The topological polar surface area (TPSA) is 11.4 Å². The average molecular weight is 762 g/mol. The Morgan fingerprint density at radius 2 is 1.32 bits per heavy atom. The van der Waals surface area contributed by atoms with Gasteiger partial charge in [-0.3, -0.25) is 0 Å². The average Bonchev–Trinajstić information content (AvgIpc) is 3.61. The summed E-state index contributed by atoms with van der Waals surface area (Å²) in [5.74, 6) is 0. The van der Waals surface area contributed by atoms with Gasteiger partial charge in [-0.05, 0) is 150 Å². The fraction of sp³-hybridized carbons (Fsp3) is 0.143. The van der Waals surface area contributed by atoms with Crippen molar-refractivity contribution in [2.24, 2.45) is 0 Å². The summed E-state index contributed by atoms with van der Waals surface area (Å²) >= 11 is 0. The molecule has 0 saturated heterocycles. The van der Waals surface area contributed by atoms with Crippen LogP contribution in [0.4, 0.5) is 28.4 Å². The number of aromatic nitrogens is 1. The molecule has 0 amide bonds. The molecule has 3 heteroatoms. The molecular formula is C56H47N3. The van der Waals surface area contributed by atoms with E-state index in [1.54, 1.807) is 0 Å². The van der Waals surface area contributed by atoms with Gasteiger partial charge >= 0.3 is 0 Å². The molecule has 11 rings (SSSR count). The van der Waals surface area contributed by atoms with E-state index in [1.807, 2.05) is 0 Å². The SMILES string of the molecule is Cc1cccc(N(c2ccccc2)C2CC=C3c4ccc(N(c5ccccc5)c5cccc(-n6c7c(c8ccccc86)CCC=C7)c5)cc4C(C)(C)c4cccc2c43)c1. The highest BCUT2D eigenvalue weighted by Crippen LogP contribution is 2.54. The molecule has 59 heavy (non-hydrogen) atoms. The Labute approximate surface area is 347 Å². The number of benzene rings is 7. The van der Waals surface area contributed by atoms with Gasteiger partial charge in [0.15, 0.2) is 0 Å². The molecule has 0 radical (unpaired) electrons. The van der Waals surface area contributed by atoms with Crippen molar-refractivity contribution in [3.63, 3.8) is 0 Å². The number of para-hydroxylation sites is 3. The summed E-state index contributed by atoms with van der Waals surface area (Å²) in [6.07, 6.45) is 10.2. The summed E-state index contributed by atoms with van der Waals surface area (Å²) in [6.45, 7) is 7.03. The van der Waals surface area contributed by atoms with Crippen LogP contribution in [0, 0.1) is 6.92 Å². The van der Waals surface area contributed by atoms with Crippen LogP contribution in [-0.2, 0) is 11.8 Å². The van der Waals surface area contributed by atoms with Gasteiger partial charge in [0.25, 0.3) is 0 Å². The third kappa shape index (κ3) is 5.71. The van der Waals surface area contributed by atoms with Crippen LogP contribution in [0.2, 0.25) is 0 Å². The van der Waals surface area contributed by atoms with E-state index >= 15 is 0 Å². The fourth-order valence-electron chi connectivity index (χ4n) is 10.3. The second-order valence-electron chi connectivity index (χ2n) is 16.9. The zero-order valence-electron chi connectivity index (χ0n) is 33.9. The number of hydrogen-bond donors (Lipinski definition) is 0. The van der Waals surface area contributed by atoms with E-state index < -0.39 is 0 Å². The Morgan fingerprint density at radius 1 is 0.610 bits per heavy atom. The second kappa shape index (κ2) is 13.9. The van der Waals surface area contributed by atoms with Crippen molar-refractivity contribution >= 4 is 51.0 Å². The number of hydrogen-bond acceptors (Lipinski definition) is 2. The summed E-state index contributed by atoms with van der Waals surface area (Å²) in [5, 5.41) is 1.35. The standard InChI is InChI=1S/C56H47N3/c1-38-17-14-22-41(35-38)58(40-20-8-5-9-21-40)54-34-33-48-45-32-31-44(37-51(45)56(2,3)50-28-16-27-49(54)55(48)50)57(39-18-6-4-7-19-39)42-23-15-24-43(36-42)59-52-29-12-10-25-46(52)47-26-11-13-30-53(47)59/h4-10,12-25,27-33,35-37,54H,11,26,34H2,1-3H3. The molecule has 0 bridgehead atoms. The molecule has 286 valence electrons. The monoisotopic (exact) mass is 761 g/mol. The van der Waals surface area contributed by atoms with E-state index in [-0.39, 0.29) is 11.5 Å².